The highest BCUT2D eigenvalue weighted by Gasteiger charge is 2.52. The molecule has 3 aromatic rings. The third-order valence-electron chi connectivity index (χ3n) is 5.05. The van der Waals surface area contributed by atoms with E-state index in [0.717, 1.165) is 0 Å². The van der Waals surface area contributed by atoms with Crippen LogP contribution in [0.3, 0.4) is 0 Å². The predicted octanol–water partition coefficient (Wildman–Crippen LogP) is 2.39. The Hall–Kier alpha value is -3.07. The lowest BCUT2D eigenvalue weighted by Crippen LogP contribution is -2.47. The van der Waals surface area contributed by atoms with Crippen molar-refractivity contribution in [2.45, 2.75) is 35.3 Å². The smallest absolute Gasteiger partial charge is 0.246 e. The van der Waals surface area contributed by atoms with E-state index >= 15 is 0 Å². The second-order valence-electron chi connectivity index (χ2n) is 6.72. The molecule has 2 aromatic heterocycles. The number of pyridine rings is 1. The molecule has 8 nitrogen and oxygen atoms in total. The Kier molecular flexibility index (Phi) is 4.68. The Bertz CT molecular complexity index is 1060. The summed E-state index contributed by atoms with van der Waals surface area (Å²) in [5, 5.41) is 6.74. The molecular formula is C19H19N5O3S. The zero-order valence-corrected chi connectivity index (χ0v) is 15.8. The molecule has 1 aliphatic carbocycles. The quantitative estimate of drug-likeness (QED) is 0.708. The highest BCUT2D eigenvalue weighted by atomic mass is 32.2. The van der Waals surface area contributed by atoms with Crippen molar-refractivity contribution in [1.29, 1.82) is 0 Å². The Morgan fingerprint density at radius 3 is 2.43 bits per heavy atom. The van der Waals surface area contributed by atoms with Crippen molar-refractivity contribution in [1.82, 2.24) is 19.7 Å². The number of nitrogens with zero attached hydrogens (tertiary/aromatic N) is 4. The maximum atomic E-state index is 13.3. The zero-order chi connectivity index (χ0) is 19.6. The van der Waals surface area contributed by atoms with Crippen LogP contribution in [0.25, 0.3) is 5.82 Å². The molecule has 1 aliphatic rings. The molecule has 1 saturated carbocycles. The summed E-state index contributed by atoms with van der Waals surface area (Å²) >= 11 is 0. The number of rotatable bonds is 5. The van der Waals surface area contributed by atoms with Gasteiger partial charge in [-0.25, -0.2) is 23.1 Å². The monoisotopic (exact) mass is 397 g/mol. The summed E-state index contributed by atoms with van der Waals surface area (Å²) in [7, 11) is -3.82. The third kappa shape index (κ3) is 3.07. The topological polar surface area (TPSA) is 107 Å². The summed E-state index contributed by atoms with van der Waals surface area (Å²) in [4.78, 5) is 21.4. The highest BCUT2D eigenvalue weighted by molar-refractivity contribution is 7.93. The summed E-state index contributed by atoms with van der Waals surface area (Å²) in [5.74, 6) is 0.0344. The van der Waals surface area contributed by atoms with Crippen LogP contribution < -0.4 is 5.32 Å². The Balaban J connectivity index is 1.61. The van der Waals surface area contributed by atoms with Gasteiger partial charge in [-0.3, -0.25) is 4.79 Å². The molecule has 1 aromatic carbocycles. The van der Waals surface area contributed by atoms with Crippen LogP contribution in [-0.2, 0) is 14.6 Å². The highest BCUT2D eigenvalue weighted by Crippen LogP contribution is 2.41. The molecule has 0 bridgehead atoms. The van der Waals surface area contributed by atoms with Crippen molar-refractivity contribution in [2.75, 3.05) is 5.32 Å². The maximum absolute atomic E-state index is 13.3. The number of hydrogen-bond donors (Lipinski definition) is 1. The SMILES string of the molecule is O=C(Nc1ccc(-n2cncn2)nc1)C1(S(=O)(=O)c2ccccc2)CCCC1. The first-order valence-corrected chi connectivity index (χ1v) is 10.4. The number of amides is 1. The maximum Gasteiger partial charge on any atom is 0.246 e. The van der Waals surface area contributed by atoms with Crippen molar-refractivity contribution in [3.63, 3.8) is 0 Å². The summed E-state index contributed by atoms with van der Waals surface area (Å²) < 4.78 is 26.6. The molecule has 0 spiro atoms. The molecule has 4 rings (SSSR count). The number of carbonyl (C=O) groups excluding carboxylic acids is 1. The van der Waals surface area contributed by atoms with Crippen molar-refractivity contribution >= 4 is 21.4 Å². The molecule has 0 unspecified atom stereocenters. The summed E-state index contributed by atoms with van der Waals surface area (Å²) in [6.45, 7) is 0. The fourth-order valence-electron chi connectivity index (χ4n) is 3.56. The number of benzene rings is 1. The van der Waals surface area contributed by atoms with Gasteiger partial charge in [-0.05, 0) is 37.1 Å². The van der Waals surface area contributed by atoms with Gasteiger partial charge in [0.1, 0.15) is 12.7 Å². The van der Waals surface area contributed by atoms with E-state index in [1.807, 2.05) is 0 Å². The lowest BCUT2D eigenvalue weighted by Gasteiger charge is -2.27. The molecule has 0 aliphatic heterocycles. The summed E-state index contributed by atoms with van der Waals surface area (Å²) in [5.41, 5.74) is 0.434. The molecule has 1 N–H and O–H groups in total. The van der Waals surface area contributed by atoms with Gasteiger partial charge in [0.25, 0.3) is 0 Å². The average Bonchev–Trinajstić information content (AvgIpc) is 3.42. The lowest BCUT2D eigenvalue weighted by atomic mass is 10.1. The molecular weight excluding hydrogens is 378 g/mol. The van der Waals surface area contributed by atoms with Crippen LogP contribution in [0.15, 0.2) is 66.2 Å². The molecule has 0 saturated heterocycles. The molecule has 1 amide bonds. The molecule has 0 radical (unpaired) electrons. The minimum atomic E-state index is -3.82. The Morgan fingerprint density at radius 2 is 1.82 bits per heavy atom. The average molecular weight is 397 g/mol. The van der Waals surface area contributed by atoms with Gasteiger partial charge in [0.15, 0.2) is 20.4 Å². The largest absolute Gasteiger partial charge is 0.323 e. The van der Waals surface area contributed by atoms with E-state index < -0.39 is 20.5 Å². The first kappa shape index (κ1) is 18.3. The molecule has 2 heterocycles. The zero-order valence-electron chi connectivity index (χ0n) is 15.0. The van der Waals surface area contributed by atoms with Crippen LogP contribution in [0.4, 0.5) is 5.69 Å². The van der Waals surface area contributed by atoms with E-state index in [1.165, 1.54) is 35.7 Å². The molecule has 144 valence electrons. The third-order valence-corrected chi connectivity index (χ3v) is 7.57. The number of anilines is 1. The van der Waals surface area contributed by atoms with Gasteiger partial charge >= 0.3 is 0 Å². The van der Waals surface area contributed by atoms with Crippen LogP contribution in [-0.4, -0.2) is 38.8 Å². The Labute approximate surface area is 162 Å². The van der Waals surface area contributed by atoms with Crippen LogP contribution in [0.2, 0.25) is 0 Å². The first-order chi connectivity index (χ1) is 13.5. The number of aromatic nitrogens is 4. The molecule has 9 heteroatoms. The minimum absolute atomic E-state index is 0.173. The van der Waals surface area contributed by atoms with Gasteiger partial charge in [0, 0.05) is 0 Å². The summed E-state index contributed by atoms with van der Waals surface area (Å²) in [6, 6.07) is 11.5. The summed E-state index contributed by atoms with van der Waals surface area (Å²) in [6.07, 6.45) is 6.40. The van der Waals surface area contributed by atoms with E-state index in [9.17, 15) is 13.2 Å². The number of nitrogens with one attached hydrogen (secondary N) is 1. The van der Waals surface area contributed by atoms with E-state index in [1.54, 1.807) is 30.3 Å². The van der Waals surface area contributed by atoms with Gasteiger partial charge in [-0.2, -0.15) is 5.10 Å². The van der Waals surface area contributed by atoms with Crippen molar-refractivity contribution in [2.24, 2.45) is 0 Å². The van der Waals surface area contributed by atoms with E-state index in [-0.39, 0.29) is 4.90 Å². The fraction of sp³-hybridized carbons (Fsp3) is 0.263. The second-order valence-corrected chi connectivity index (χ2v) is 8.98. The molecule has 0 atom stereocenters. The van der Waals surface area contributed by atoms with Gasteiger partial charge in [0.2, 0.25) is 5.91 Å². The molecule has 1 fully saturated rings. The minimum Gasteiger partial charge on any atom is -0.323 e. The van der Waals surface area contributed by atoms with Gasteiger partial charge < -0.3 is 5.32 Å². The van der Waals surface area contributed by atoms with Crippen LogP contribution >= 0.6 is 0 Å². The van der Waals surface area contributed by atoms with Crippen molar-refractivity contribution in [3.8, 4) is 5.82 Å². The van der Waals surface area contributed by atoms with E-state index in [4.69, 9.17) is 0 Å². The fourth-order valence-corrected chi connectivity index (χ4v) is 5.64. The lowest BCUT2D eigenvalue weighted by molar-refractivity contribution is -0.118. The van der Waals surface area contributed by atoms with Crippen molar-refractivity contribution < 1.29 is 13.2 Å². The second kappa shape index (κ2) is 7.16. The normalized spacial score (nSPS) is 16.0. The standard InChI is InChI=1S/C19H19N5O3S/c25-18(23-15-8-9-17(21-12-15)24-14-20-13-22-24)19(10-4-5-11-19)28(26,27)16-6-2-1-3-7-16/h1-3,6-9,12-14H,4-5,10-11H2,(H,23,25). The van der Waals surface area contributed by atoms with E-state index in [2.05, 4.69) is 20.4 Å². The van der Waals surface area contributed by atoms with Crippen LogP contribution in [0.5, 0.6) is 0 Å². The van der Waals surface area contributed by atoms with Gasteiger partial charge in [0.05, 0.1) is 16.8 Å². The van der Waals surface area contributed by atoms with Gasteiger partial charge in [-0.15, -0.1) is 0 Å². The number of hydrogen-bond acceptors (Lipinski definition) is 6. The number of carbonyl (C=O) groups is 1. The van der Waals surface area contributed by atoms with E-state index in [0.29, 0.717) is 37.2 Å². The van der Waals surface area contributed by atoms with Crippen molar-refractivity contribution in [3.05, 3.63) is 61.3 Å². The Morgan fingerprint density at radius 1 is 1.07 bits per heavy atom. The number of sulfone groups is 1. The first-order valence-electron chi connectivity index (χ1n) is 8.95. The van der Waals surface area contributed by atoms with Crippen LogP contribution in [0, 0.1) is 0 Å². The predicted molar refractivity (Wildman–Crippen MR) is 103 cm³/mol. The van der Waals surface area contributed by atoms with Crippen LogP contribution in [0.1, 0.15) is 25.7 Å². The van der Waals surface area contributed by atoms with Gasteiger partial charge in [-0.1, -0.05) is 31.0 Å². The molecule has 28 heavy (non-hydrogen) atoms.